The summed E-state index contributed by atoms with van der Waals surface area (Å²) in [4.78, 5) is 20.7. The van der Waals surface area contributed by atoms with Crippen LogP contribution in [0.3, 0.4) is 0 Å². The van der Waals surface area contributed by atoms with Crippen molar-refractivity contribution in [3.63, 3.8) is 0 Å². The molecule has 2 aliphatic heterocycles. The highest BCUT2D eigenvalue weighted by molar-refractivity contribution is 5.86. The van der Waals surface area contributed by atoms with Crippen LogP contribution in [0.4, 0.5) is 0 Å². The van der Waals surface area contributed by atoms with E-state index in [-0.39, 0.29) is 18.0 Å². The molecule has 39 heavy (non-hydrogen) atoms. The summed E-state index contributed by atoms with van der Waals surface area (Å²) in [5, 5.41) is 9.57. The monoisotopic (exact) mass is 512 g/mol. The number of benzene rings is 4. The second-order valence-corrected chi connectivity index (χ2v) is 10.4. The van der Waals surface area contributed by atoms with E-state index in [4.69, 9.17) is 0 Å². The van der Waals surface area contributed by atoms with E-state index in [2.05, 4.69) is 101 Å². The first kappa shape index (κ1) is 25.1. The van der Waals surface area contributed by atoms with Crippen molar-refractivity contribution in [2.45, 2.75) is 30.6 Å². The molecule has 0 N–H and O–H groups in total. The van der Waals surface area contributed by atoms with Crippen molar-refractivity contribution in [1.82, 2.24) is 14.7 Å². The molecule has 0 aliphatic carbocycles. The van der Waals surface area contributed by atoms with Gasteiger partial charge in [-0.15, -0.1) is 0 Å². The summed E-state index contributed by atoms with van der Waals surface area (Å²) in [6, 6.07) is 43.8. The summed E-state index contributed by atoms with van der Waals surface area (Å²) in [6.45, 7) is 2.68. The van der Waals surface area contributed by atoms with E-state index in [0.717, 1.165) is 23.2 Å². The summed E-state index contributed by atoms with van der Waals surface area (Å²) < 4.78 is 0. The molecule has 0 bridgehead atoms. The fraction of sp³-hybridized carbons (Fsp3) is 0.235. The zero-order chi connectivity index (χ0) is 26.7. The highest BCUT2D eigenvalue weighted by Gasteiger charge is 2.57. The van der Waals surface area contributed by atoms with Gasteiger partial charge in [-0.3, -0.25) is 14.6 Å². The first-order valence-corrected chi connectivity index (χ1v) is 13.6. The maximum atomic E-state index is 14.2. The first-order valence-electron chi connectivity index (χ1n) is 13.6. The van der Waals surface area contributed by atoms with Crippen LogP contribution in [0.2, 0.25) is 0 Å². The molecule has 2 heterocycles. The molecular weight excluding hydrogens is 480 g/mol. The van der Waals surface area contributed by atoms with E-state index in [0.29, 0.717) is 26.2 Å². The predicted octanol–water partition coefficient (Wildman–Crippen LogP) is 5.25. The highest BCUT2D eigenvalue weighted by atomic mass is 16.2. The van der Waals surface area contributed by atoms with Gasteiger partial charge in [0.2, 0.25) is 5.91 Å². The standard InChI is InChI=1S/C34H32N4O/c35-22-21-31-24-36(23-27-13-5-1-6-14-27)26-37(31)33(39)32-25-38(32)34(28-15-7-2-8-16-28,29-17-9-3-10-18-29)30-19-11-4-12-20-30/h1-20,31-32H,21,23-26H2/t31-,32+,38?/m0/s1. The van der Waals surface area contributed by atoms with Crippen molar-refractivity contribution in [3.8, 4) is 6.07 Å². The smallest absolute Gasteiger partial charge is 0.242 e. The Morgan fingerprint density at radius 1 is 0.744 bits per heavy atom. The molecule has 4 aromatic rings. The summed E-state index contributed by atoms with van der Waals surface area (Å²) in [6.07, 6.45) is 0.338. The topological polar surface area (TPSA) is 50.4 Å². The molecule has 0 aromatic heterocycles. The van der Waals surface area contributed by atoms with E-state index in [1.54, 1.807) is 0 Å². The Morgan fingerprint density at radius 3 is 1.72 bits per heavy atom. The van der Waals surface area contributed by atoms with Crippen LogP contribution in [-0.2, 0) is 16.9 Å². The third-order valence-corrected chi connectivity index (χ3v) is 8.02. The lowest BCUT2D eigenvalue weighted by Crippen LogP contribution is -2.44. The lowest BCUT2D eigenvalue weighted by Gasteiger charge is -2.38. The summed E-state index contributed by atoms with van der Waals surface area (Å²) in [5.41, 5.74) is 4.03. The van der Waals surface area contributed by atoms with Gasteiger partial charge in [0.25, 0.3) is 0 Å². The van der Waals surface area contributed by atoms with Crippen molar-refractivity contribution in [2.24, 2.45) is 0 Å². The summed E-state index contributed by atoms with van der Waals surface area (Å²) in [7, 11) is 0. The van der Waals surface area contributed by atoms with E-state index in [1.165, 1.54) is 5.56 Å². The maximum absolute atomic E-state index is 14.2. The van der Waals surface area contributed by atoms with Gasteiger partial charge in [0.15, 0.2) is 0 Å². The molecule has 6 rings (SSSR count). The van der Waals surface area contributed by atoms with E-state index in [1.807, 2.05) is 41.3 Å². The van der Waals surface area contributed by atoms with E-state index >= 15 is 0 Å². The molecule has 5 heteroatoms. The number of amides is 1. The molecule has 0 spiro atoms. The largest absolute Gasteiger partial charge is 0.323 e. The Labute approximate surface area is 230 Å². The average Bonchev–Trinajstić information content (AvgIpc) is 3.69. The van der Waals surface area contributed by atoms with E-state index < -0.39 is 5.54 Å². The fourth-order valence-corrected chi connectivity index (χ4v) is 6.22. The fourth-order valence-electron chi connectivity index (χ4n) is 6.22. The van der Waals surface area contributed by atoms with Crippen LogP contribution in [0.5, 0.6) is 0 Å². The molecule has 1 unspecified atom stereocenters. The SMILES string of the molecule is N#CC[C@H]1CN(Cc2ccccc2)CN1C(=O)[C@H]1CN1C(c1ccccc1)(c1ccccc1)c1ccccc1. The average molecular weight is 513 g/mol. The molecule has 194 valence electrons. The molecule has 2 aliphatic rings. The number of rotatable bonds is 8. The third kappa shape index (κ3) is 4.74. The van der Waals surface area contributed by atoms with Crippen molar-refractivity contribution in [1.29, 1.82) is 5.26 Å². The van der Waals surface area contributed by atoms with Crippen LogP contribution < -0.4 is 0 Å². The van der Waals surface area contributed by atoms with Crippen molar-refractivity contribution >= 4 is 5.91 Å². The van der Waals surface area contributed by atoms with Gasteiger partial charge >= 0.3 is 0 Å². The normalized spacial score (nSPS) is 20.9. The molecule has 0 radical (unpaired) electrons. The van der Waals surface area contributed by atoms with Crippen molar-refractivity contribution in [2.75, 3.05) is 19.8 Å². The van der Waals surface area contributed by atoms with Crippen molar-refractivity contribution < 1.29 is 4.79 Å². The number of carbonyl (C=O) groups is 1. The number of hydrogen-bond donors (Lipinski definition) is 0. The highest BCUT2D eigenvalue weighted by Crippen LogP contribution is 2.48. The third-order valence-electron chi connectivity index (χ3n) is 8.02. The summed E-state index contributed by atoms with van der Waals surface area (Å²) in [5.74, 6) is 0.109. The molecule has 1 amide bonds. The molecule has 2 fully saturated rings. The lowest BCUT2D eigenvalue weighted by molar-refractivity contribution is -0.133. The Morgan fingerprint density at radius 2 is 1.23 bits per heavy atom. The van der Waals surface area contributed by atoms with Gasteiger partial charge in [0.1, 0.15) is 6.04 Å². The van der Waals surface area contributed by atoms with Crippen molar-refractivity contribution in [3.05, 3.63) is 144 Å². The first-order chi connectivity index (χ1) is 19.2. The number of nitrogens with zero attached hydrogens (tertiary/aromatic N) is 4. The zero-order valence-electron chi connectivity index (χ0n) is 21.9. The molecule has 5 nitrogen and oxygen atoms in total. The molecule has 0 saturated carbocycles. The predicted molar refractivity (Wildman–Crippen MR) is 152 cm³/mol. The molecule has 2 saturated heterocycles. The quantitative estimate of drug-likeness (QED) is 0.239. The van der Waals surface area contributed by atoms with Gasteiger partial charge in [-0.1, -0.05) is 121 Å². The van der Waals surface area contributed by atoms with Gasteiger partial charge in [-0.25, -0.2) is 0 Å². The van der Waals surface area contributed by atoms with Crippen LogP contribution in [0.1, 0.15) is 28.7 Å². The molecule has 3 atom stereocenters. The van der Waals surface area contributed by atoms with Crippen LogP contribution in [-0.4, -0.2) is 52.4 Å². The maximum Gasteiger partial charge on any atom is 0.242 e. The number of nitriles is 1. The Hall–Kier alpha value is -4.24. The number of hydrogen-bond acceptors (Lipinski definition) is 4. The minimum Gasteiger partial charge on any atom is -0.323 e. The van der Waals surface area contributed by atoms with Crippen LogP contribution in [0, 0.1) is 11.3 Å². The minimum absolute atomic E-state index is 0.103. The van der Waals surface area contributed by atoms with Gasteiger partial charge < -0.3 is 4.90 Å². The second kappa shape index (κ2) is 10.9. The Kier molecular flexibility index (Phi) is 6.98. The van der Waals surface area contributed by atoms with E-state index in [9.17, 15) is 10.1 Å². The number of carbonyl (C=O) groups excluding carboxylic acids is 1. The van der Waals surface area contributed by atoms with Gasteiger partial charge in [0, 0.05) is 19.6 Å². The molecule has 4 aromatic carbocycles. The zero-order valence-corrected chi connectivity index (χ0v) is 21.9. The van der Waals surface area contributed by atoms with Gasteiger partial charge in [-0.2, -0.15) is 5.26 Å². The van der Waals surface area contributed by atoms with Gasteiger partial charge in [0.05, 0.1) is 30.7 Å². The van der Waals surface area contributed by atoms with Gasteiger partial charge in [-0.05, 0) is 22.3 Å². The minimum atomic E-state index is -0.599. The van der Waals surface area contributed by atoms with Crippen LogP contribution in [0.25, 0.3) is 0 Å². The van der Waals surface area contributed by atoms with Crippen LogP contribution in [0.15, 0.2) is 121 Å². The van der Waals surface area contributed by atoms with Crippen LogP contribution >= 0.6 is 0 Å². The summed E-state index contributed by atoms with van der Waals surface area (Å²) >= 11 is 0. The molecular formula is C34H32N4O. The Bertz CT molecular complexity index is 1340. The second-order valence-electron chi connectivity index (χ2n) is 10.4. The lowest BCUT2D eigenvalue weighted by atomic mass is 9.76. The Balaban J connectivity index is 1.34.